The van der Waals surface area contributed by atoms with Crippen molar-refractivity contribution >= 4 is 40.7 Å². The van der Waals surface area contributed by atoms with Gasteiger partial charge in [0.15, 0.2) is 5.15 Å². The molecule has 202 valence electrons. The maximum Gasteiger partial charge on any atom is 0.269 e. The summed E-state index contributed by atoms with van der Waals surface area (Å²) in [5.41, 5.74) is 1.77. The predicted octanol–water partition coefficient (Wildman–Crippen LogP) is 4.15. The highest BCUT2D eigenvalue weighted by molar-refractivity contribution is 6.31. The van der Waals surface area contributed by atoms with Crippen LogP contribution < -0.4 is 20.9 Å². The van der Waals surface area contributed by atoms with Crippen molar-refractivity contribution in [2.24, 2.45) is 0 Å². The molecule has 0 radical (unpaired) electrons. The van der Waals surface area contributed by atoms with Gasteiger partial charge in [-0.15, -0.1) is 5.10 Å². The van der Waals surface area contributed by atoms with Crippen LogP contribution in [0.4, 0.5) is 5.69 Å². The lowest BCUT2D eigenvalue weighted by Crippen LogP contribution is -2.33. The molecule has 2 N–H and O–H groups in total. The van der Waals surface area contributed by atoms with Gasteiger partial charge in [-0.25, -0.2) is 9.67 Å². The van der Waals surface area contributed by atoms with Crippen LogP contribution in [0.1, 0.15) is 36.3 Å². The summed E-state index contributed by atoms with van der Waals surface area (Å²) in [4.78, 5) is 42.5. The number of aromatic nitrogens is 5. The van der Waals surface area contributed by atoms with Gasteiger partial charge in [-0.05, 0) is 36.8 Å². The Morgan fingerprint density at radius 3 is 2.51 bits per heavy atom. The Kier molecular flexibility index (Phi) is 8.62. The molecule has 3 heterocycles. The molecule has 39 heavy (non-hydrogen) atoms. The Labute approximate surface area is 233 Å². The first kappa shape index (κ1) is 27.8. The molecular formula is C26H25Cl2N7O4. The Morgan fingerprint density at radius 2 is 1.90 bits per heavy atom. The summed E-state index contributed by atoms with van der Waals surface area (Å²) in [6.07, 6.45) is 5.43. The molecule has 4 rings (SSSR count). The number of methoxy groups -OCH3 is 1. The second kappa shape index (κ2) is 12.1. The van der Waals surface area contributed by atoms with Crippen LogP contribution in [0.15, 0.2) is 59.8 Å². The van der Waals surface area contributed by atoms with Gasteiger partial charge in [0.2, 0.25) is 5.91 Å². The van der Waals surface area contributed by atoms with Crippen molar-refractivity contribution in [1.82, 2.24) is 29.9 Å². The van der Waals surface area contributed by atoms with Crippen LogP contribution in [0.25, 0.3) is 16.8 Å². The third kappa shape index (κ3) is 6.10. The summed E-state index contributed by atoms with van der Waals surface area (Å²) in [6, 6.07) is 8.71. The smallest absolute Gasteiger partial charge is 0.269 e. The quantitative estimate of drug-likeness (QED) is 0.309. The number of amides is 2. The summed E-state index contributed by atoms with van der Waals surface area (Å²) in [5.74, 6) is -0.413. The molecule has 0 saturated carbocycles. The van der Waals surface area contributed by atoms with Crippen molar-refractivity contribution in [3.8, 4) is 22.6 Å². The van der Waals surface area contributed by atoms with Gasteiger partial charge in [0.1, 0.15) is 17.5 Å². The van der Waals surface area contributed by atoms with Crippen LogP contribution in [0, 0.1) is 0 Å². The third-order valence-corrected chi connectivity index (χ3v) is 6.32. The van der Waals surface area contributed by atoms with Gasteiger partial charge in [0.05, 0.1) is 37.1 Å². The lowest BCUT2D eigenvalue weighted by molar-refractivity contribution is -0.119. The van der Waals surface area contributed by atoms with Crippen molar-refractivity contribution in [1.29, 1.82) is 0 Å². The van der Waals surface area contributed by atoms with Gasteiger partial charge in [0, 0.05) is 29.3 Å². The van der Waals surface area contributed by atoms with E-state index in [0.717, 1.165) is 0 Å². The highest BCUT2D eigenvalue weighted by Crippen LogP contribution is 2.35. The van der Waals surface area contributed by atoms with E-state index in [-0.39, 0.29) is 16.8 Å². The zero-order valence-corrected chi connectivity index (χ0v) is 22.8. The normalized spacial score (nSPS) is 11.6. The lowest BCUT2D eigenvalue weighted by Gasteiger charge is -2.21. The predicted molar refractivity (Wildman–Crippen MR) is 148 cm³/mol. The van der Waals surface area contributed by atoms with Crippen molar-refractivity contribution in [2.75, 3.05) is 19.5 Å². The van der Waals surface area contributed by atoms with Gasteiger partial charge in [-0.2, -0.15) is 0 Å². The molecule has 3 aromatic heterocycles. The molecule has 0 bridgehead atoms. The number of hydrogen-bond donors (Lipinski definition) is 2. The van der Waals surface area contributed by atoms with E-state index < -0.39 is 17.5 Å². The van der Waals surface area contributed by atoms with Crippen molar-refractivity contribution in [2.45, 2.75) is 25.8 Å². The van der Waals surface area contributed by atoms with Crippen LogP contribution in [0.2, 0.25) is 10.2 Å². The van der Waals surface area contributed by atoms with Crippen LogP contribution in [-0.4, -0.2) is 50.5 Å². The Hall–Kier alpha value is -4.22. The number of carbonyl (C=O) groups is 2. The van der Waals surface area contributed by atoms with E-state index in [4.69, 9.17) is 27.9 Å². The van der Waals surface area contributed by atoms with Crippen LogP contribution in [0.5, 0.6) is 5.75 Å². The molecule has 1 unspecified atom stereocenters. The monoisotopic (exact) mass is 569 g/mol. The molecule has 13 heteroatoms. The minimum atomic E-state index is -0.836. The van der Waals surface area contributed by atoms with Gasteiger partial charge >= 0.3 is 0 Å². The number of nitrogens with one attached hydrogen (secondary N) is 2. The van der Waals surface area contributed by atoms with Crippen LogP contribution in [-0.2, 0) is 4.79 Å². The van der Waals surface area contributed by atoms with E-state index in [1.807, 2.05) is 6.92 Å². The van der Waals surface area contributed by atoms with Crippen molar-refractivity contribution in [3.05, 3.63) is 81.2 Å². The number of rotatable bonds is 9. The average Bonchev–Trinajstić information content (AvgIpc) is 3.37. The number of halogens is 2. The fourth-order valence-corrected chi connectivity index (χ4v) is 4.35. The minimum Gasteiger partial charge on any atom is -0.495 e. The van der Waals surface area contributed by atoms with Gasteiger partial charge in [0.25, 0.3) is 11.5 Å². The maximum atomic E-state index is 13.4. The SMILES string of the molecule is CCCC(C(=O)Nc1ccc(C(=O)NC)nc1)n1cc(OC)c(-c2cc(Cl)ccc2-n2cc(Cl)nn2)cc1=O. The zero-order valence-electron chi connectivity index (χ0n) is 21.3. The first-order valence-electron chi connectivity index (χ1n) is 11.9. The number of pyridine rings is 2. The van der Waals surface area contributed by atoms with Crippen molar-refractivity contribution in [3.63, 3.8) is 0 Å². The number of benzene rings is 1. The number of anilines is 1. The van der Waals surface area contributed by atoms with E-state index in [0.29, 0.717) is 46.1 Å². The van der Waals surface area contributed by atoms with Crippen LogP contribution >= 0.6 is 23.2 Å². The molecule has 0 aliphatic rings. The molecule has 0 aliphatic carbocycles. The van der Waals surface area contributed by atoms with Gasteiger partial charge in [-0.3, -0.25) is 19.0 Å². The fraction of sp³-hybridized carbons (Fsp3) is 0.231. The third-order valence-electron chi connectivity index (χ3n) is 5.92. The van der Waals surface area contributed by atoms with E-state index in [1.165, 1.54) is 54.1 Å². The first-order chi connectivity index (χ1) is 18.7. The molecular weight excluding hydrogens is 545 g/mol. The molecule has 0 aliphatic heterocycles. The topological polar surface area (TPSA) is 133 Å². The van der Waals surface area contributed by atoms with Crippen LogP contribution in [0.3, 0.4) is 0 Å². The summed E-state index contributed by atoms with van der Waals surface area (Å²) < 4.78 is 8.46. The van der Waals surface area contributed by atoms with Crippen molar-refractivity contribution < 1.29 is 14.3 Å². The highest BCUT2D eigenvalue weighted by Gasteiger charge is 2.24. The number of ether oxygens (including phenoxy) is 1. The number of nitrogens with zero attached hydrogens (tertiary/aromatic N) is 5. The van der Waals surface area contributed by atoms with E-state index in [1.54, 1.807) is 24.3 Å². The average molecular weight is 570 g/mol. The first-order valence-corrected chi connectivity index (χ1v) is 12.7. The van der Waals surface area contributed by atoms with E-state index >= 15 is 0 Å². The lowest BCUT2D eigenvalue weighted by atomic mass is 10.0. The molecule has 0 saturated heterocycles. The second-order valence-corrected chi connectivity index (χ2v) is 9.28. The van der Waals surface area contributed by atoms with E-state index in [2.05, 4.69) is 25.9 Å². The van der Waals surface area contributed by atoms with Gasteiger partial charge in [-0.1, -0.05) is 41.8 Å². The number of carbonyl (C=O) groups excluding carboxylic acids is 2. The Morgan fingerprint density at radius 1 is 1.10 bits per heavy atom. The highest BCUT2D eigenvalue weighted by atomic mass is 35.5. The molecule has 1 aromatic carbocycles. The van der Waals surface area contributed by atoms with Gasteiger partial charge < -0.3 is 15.4 Å². The molecule has 1 atom stereocenters. The Bertz CT molecular complexity index is 1570. The molecule has 0 spiro atoms. The standard InChI is InChI=1S/C26H25Cl2N7O4/c1-4-5-21(26(38)31-16-7-8-19(30-12-16)25(37)29-2)34-13-22(39-3)18(11-24(34)36)17-10-15(27)6-9-20(17)35-14-23(28)32-33-35/h6-14,21H,4-5H2,1-3H3,(H,29,37)(H,31,38). The molecule has 11 nitrogen and oxygen atoms in total. The summed E-state index contributed by atoms with van der Waals surface area (Å²) in [5, 5.41) is 13.7. The molecule has 0 fully saturated rings. The molecule has 2 amide bonds. The minimum absolute atomic E-state index is 0.199. The molecule has 4 aromatic rings. The summed E-state index contributed by atoms with van der Waals surface area (Å²) in [7, 11) is 2.97. The summed E-state index contributed by atoms with van der Waals surface area (Å²) >= 11 is 12.3. The maximum absolute atomic E-state index is 13.4. The number of hydrogen-bond acceptors (Lipinski definition) is 7. The largest absolute Gasteiger partial charge is 0.495 e. The fourth-order valence-electron chi connectivity index (χ4n) is 4.06. The van der Waals surface area contributed by atoms with E-state index in [9.17, 15) is 14.4 Å². The summed E-state index contributed by atoms with van der Waals surface area (Å²) in [6.45, 7) is 1.91. The Balaban J connectivity index is 1.72. The second-order valence-electron chi connectivity index (χ2n) is 8.45. The zero-order chi connectivity index (χ0) is 28.1.